The van der Waals surface area contributed by atoms with E-state index in [2.05, 4.69) is 0 Å². The Balaban J connectivity index is 1.73. The number of aliphatic hydroxyl groups excluding tert-OH is 2. The average molecular weight is 515 g/mol. The van der Waals surface area contributed by atoms with E-state index >= 15 is 0 Å². The van der Waals surface area contributed by atoms with Crippen LogP contribution >= 0.6 is 0 Å². The van der Waals surface area contributed by atoms with E-state index < -0.39 is 66.2 Å². The van der Waals surface area contributed by atoms with Crippen molar-refractivity contribution in [3.63, 3.8) is 0 Å². The average Bonchev–Trinajstić information content (AvgIpc) is 3.18. The predicted molar refractivity (Wildman–Crippen MR) is 129 cm³/mol. The van der Waals surface area contributed by atoms with Gasteiger partial charge in [-0.25, -0.2) is 14.4 Å². The minimum atomic E-state index is -2.15. The first-order valence-corrected chi connectivity index (χ1v) is 12.0. The number of carbonyl (C=O) groups excluding carboxylic acids is 3. The molecule has 37 heavy (non-hydrogen) atoms. The molecule has 0 aliphatic carbocycles. The summed E-state index contributed by atoms with van der Waals surface area (Å²) in [5.74, 6) is -5.71. The van der Waals surface area contributed by atoms with Crippen molar-refractivity contribution in [3.8, 4) is 0 Å². The molecule has 10 heteroatoms. The highest BCUT2D eigenvalue weighted by molar-refractivity contribution is 5.92. The Kier molecular flexibility index (Phi) is 7.27. The predicted octanol–water partition coefficient (Wildman–Crippen LogP) is 2.09. The van der Waals surface area contributed by atoms with Gasteiger partial charge in [-0.2, -0.15) is 0 Å². The van der Waals surface area contributed by atoms with Gasteiger partial charge in [0.1, 0.15) is 6.61 Å². The highest BCUT2D eigenvalue weighted by atomic mass is 16.8. The molecule has 2 N–H and O–H groups in total. The molecule has 0 unspecified atom stereocenters. The van der Waals surface area contributed by atoms with Crippen LogP contribution in [0, 0.1) is 5.92 Å². The van der Waals surface area contributed by atoms with Crippen molar-refractivity contribution >= 4 is 28.7 Å². The number of hydrogen-bond donors (Lipinski definition) is 2. The molecule has 10 nitrogen and oxygen atoms in total. The Morgan fingerprint density at radius 3 is 2.24 bits per heavy atom. The molecule has 4 rings (SSSR count). The summed E-state index contributed by atoms with van der Waals surface area (Å²) >= 11 is 0. The SMILES string of the molecule is CC(C)OC(=O)[C@H](O)[C@@H](OC(=O)[C@@]1(c2ccc3ccccc3c2)O[C@]2(CO)OC=C[C@@H]21)C(=O)OC(C)C. The van der Waals surface area contributed by atoms with Crippen molar-refractivity contribution in [1.29, 1.82) is 0 Å². The van der Waals surface area contributed by atoms with Crippen LogP contribution in [0.2, 0.25) is 0 Å². The van der Waals surface area contributed by atoms with Gasteiger partial charge in [-0.3, -0.25) is 0 Å². The molecule has 0 saturated carbocycles. The molecule has 198 valence electrons. The maximum absolute atomic E-state index is 13.8. The summed E-state index contributed by atoms with van der Waals surface area (Å²) < 4.78 is 27.1. The van der Waals surface area contributed by atoms with Crippen LogP contribution in [0.25, 0.3) is 10.8 Å². The van der Waals surface area contributed by atoms with E-state index in [1.165, 1.54) is 6.26 Å². The number of ether oxygens (including phenoxy) is 5. The number of esters is 3. The van der Waals surface area contributed by atoms with Gasteiger partial charge < -0.3 is 33.9 Å². The molecule has 2 aliphatic heterocycles. The summed E-state index contributed by atoms with van der Waals surface area (Å²) in [5.41, 5.74) is -1.48. The van der Waals surface area contributed by atoms with E-state index in [9.17, 15) is 24.6 Å². The Morgan fingerprint density at radius 1 is 0.946 bits per heavy atom. The van der Waals surface area contributed by atoms with Gasteiger partial charge in [0, 0.05) is 0 Å². The van der Waals surface area contributed by atoms with Crippen molar-refractivity contribution in [2.24, 2.45) is 5.92 Å². The van der Waals surface area contributed by atoms with Gasteiger partial charge in [0.05, 0.1) is 24.4 Å². The van der Waals surface area contributed by atoms with E-state index in [1.54, 1.807) is 52.0 Å². The first-order chi connectivity index (χ1) is 17.5. The fourth-order valence-electron chi connectivity index (χ4n) is 4.55. The van der Waals surface area contributed by atoms with Gasteiger partial charge in [-0.15, -0.1) is 0 Å². The zero-order valence-corrected chi connectivity index (χ0v) is 21.0. The topological polar surface area (TPSA) is 138 Å². The molecule has 5 atom stereocenters. The van der Waals surface area contributed by atoms with Crippen molar-refractivity contribution in [3.05, 3.63) is 60.4 Å². The molecule has 0 bridgehead atoms. The minimum Gasteiger partial charge on any atom is -0.467 e. The molecule has 0 aromatic heterocycles. The van der Waals surface area contributed by atoms with Crippen molar-refractivity contribution < 1.29 is 48.3 Å². The van der Waals surface area contributed by atoms with Gasteiger partial charge in [0.15, 0.2) is 6.10 Å². The Hall–Kier alpha value is -3.47. The molecule has 2 aromatic carbocycles. The molecular weight excluding hydrogens is 484 g/mol. The molecule has 0 radical (unpaired) electrons. The monoisotopic (exact) mass is 514 g/mol. The maximum Gasteiger partial charge on any atom is 0.351 e. The molecule has 2 aromatic rings. The summed E-state index contributed by atoms with van der Waals surface area (Å²) in [7, 11) is 0. The number of fused-ring (bicyclic) bond motifs is 2. The van der Waals surface area contributed by atoms with Crippen LogP contribution in [0.3, 0.4) is 0 Å². The molecule has 0 spiro atoms. The summed E-state index contributed by atoms with van der Waals surface area (Å²) in [6.45, 7) is 5.70. The summed E-state index contributed by atoms with van der Waals surface area (Å²) in [6, 6.07) is 12.7. The van der Waals surface area contributed by atoms with Crippen molar-refractivity contribution in [1.82, 2.24) is 0 Å². The number of aliphatic hydroxyl groups is 2. The lowest BCUT2D eigenvalue weighted by Crippen LogP contribution is -2.70. The largest absolute Gasteiger partial charge is 0.467 e. The van der Waals surface area contributed by atoms with Crippen molar-refractivity contribution in [2.75, 3.05) is 6.61 Å². The summed E-state index contributed by atoms with van der Waals surface area (Å²) in [6.07, 6.45) is -2.52. The second-order valence-electron chi connectivity index (χ2n) is 9.54. The van der Waals surface area contributed by atoms with Gasteiger partial charge in [0.2, 0.25) is 17.5 Å². The van der Waals surface area contributed by atoms with Gasteiger partial charge in [-0.1, -0.05) is 36.4 Å². The number of hydrogen-bond acceptors (Lipinski definition) is 10. The number of benzene rings is 2. The third kappa shape index (κ3) is 4.68. The Labute approximate surface area is 213 Å². The molecular formula is C27H30O10. The highest BCUT2D eigenvalue weighted by Gasteiger charge is 2.73. The fourth-order valence-corrected chi connectivity index (χ4v) is 4.55. The quantitative estimate of drug-likeness (QED) is 0.378. The highest BCUT2D eigenvalue weighted by Crippen LogP contribution is 2.58. The first kappa shape index (κ1) is 26.6. The number of rotatable bonds is 9. The molecule has 2 aliphatic rings. The minimum absolute atomic E-state index is 0.371. The zero-order valence-electron chi connectivity index (χ0n) is 21.0. The lowest BCUT2D eigenvalue weighted by atomic mass is 9.70. The van der Waals surface area contributed by atoms with E-state index in [1.807, 2.05) is 24.3 Å². The molecule has 0 amide bonds. The second kappa shape index (κ2) is 10.1. The first-order valence-electron chi connectivity index (χ1n) is 12.0. The van der Waals surface area contributed by atoms with Gasteiger partial charge >= 0.3 is 17.9 Å². The fraction of sp³-hybridized carbons (Fsp3) is 0.444. The van der Waals surface area contributed by atoms with Crippen LogP contribution in [-0.2, 0) is 43.7 Å². The Bertz CT molecular complexity index is 1220. The van der Waals surface area contributed by atoms with Gasteiger partial charge in [-0.05, 0) is 56.2 Å². The summed E-state index contributed by atoms with van der Waals surface area (Å²) in [5, 5.41) is 22.3. The molecule has 1 saturated heterocycles. The van der Waals surface area contributed by atoms with Crippen LogP contribution in [0.15, 0.2) is 54.8 Å². The Morgan fingerprint density at radius 2 is 1.59 bits per heavy atom. The van der Waals surface area contributed by atoms with E-state index in [-0.39, 0.29) is 0 Å². The zero-order chi connectivity index (χ0) is 27.0. The van der Waals surface area contributed by atoms with Crippen LogP contribution in [0.4, 0.5) is 0 Å². The lowest BCUT2D eigenvalue weighted by molar-refractivity contribution is -0.395. The molecule has 1 fully saturated rings. The third-order valence-electron chi connectivity index (χ3n) is 6.18. The van der Waals surface area contributed by atoms with E-state index in [4.69, 9.17) is 23.7 Å². The standard InChI is InChI=1S/C27H30O10/c1-15(2)34-23(30)21(29)22(24(31)35-16(3)4)36-25(32)27(20-11-12-33-26(20,14-28)37-27)19-10-9-17-7-5-6-8-18(17)13-19/h5-13,15-16,20-22,28-29H,14H2,1-4H3/t20-,21+,22+,26-,27-/m0/s1. The van der Waals surface area contributed by atoms with Crippen molar-refractivity contribution in [2.45, 2.75) is 63.5 Å². The lowest BCUT2D eigenvalue weighted by Gasteiger charge is -2.55. The second-order valence-corrected chi connectivity index (χ2v) is 9.54. The third-order valence-corrected chi connectivity index (χ3v) is 6.18. The van der Waals surface area contributed by atoms with E-state index in [0.717, 1.165) is 10.8 Å². The normalized spacial score (nSPS) is 25.7. The maximum atomic E-state index is 13.8. The molecule has 2 heterocycles. The van der Waals surface area contributed by atoms with Crippen LogP contribution < -0.4 is 0 Å². The smallest absolute Gasteiger partial charge is 0.351 e. The van der Waals surface area contributed by atoms with E-state index in [0.29, 0.717) is 5.56 Å². The van der Waals surface area contributed by atoms with Gasteiger partial charge in [0.25, 0.3) is 0 Å². The van der Waals surface area contributed by atoms with Crippen LogP contribution in [0.1, 0.15) is 33.3 Å². The van der Waals surface area contributed by atoms with Crippen LogP contribution in [0.5, 0.6) is 0 Å². The summed E-state index contributed by atoms with van der Waals surface area (Å²) in [4.78, 5) is 39.1. The number of carbonyl (C=O) groups is 3. The van der Waals surface area contributed by atoms with Crippen LogP contribution in [-0.4, -0.2) is 64.9 Å².